The molecule has 4 nitrogen and oxygen atoms in total. The monoisotopic (exact) mass is 345 g/mol. The molecule has 3 heterocycles. The Kier molecular flexibility index (Phi) is 3.87. The number of carbonyl (C=O) groups is 1. The molecule has 1 amide bonds. The third-order valence-electron chi connectivity index (χ3n) is 4.98. The van der Waals surface area contributed by atoms with Crippen LogP contribution in [-0.2, 0) is 12.8 Å². The van der Waals surface area contributed by atoms with Gasteiger partial charge in [0.2, 0.25) is 0 Å². The number of piperidine rings is 1. The Hall–Kier alpha value is -1.82. The number of aromatic nitrogens is 2. The van der Waals surface area contributed by atoms with E-state index in [2.05, 4.69) is 12.0 Å². The van der Waals surface area contributed by atoms with Gasteiger partial charge in [0.15, 0.2) is 5.69 Å². The summed E-state index contributed by atoms with van der Waals surface area (Å²) in [6, 6.07) is 5.08. The predicted octanol–water partition coefficient (Wildman–Crippen LogP) is 3.85. The Balaban J connectivity index is 1.78. The standard InChI is InChI=1S/C18H20FN3OS/c1-11-5-3-4-8-22(11)18(23)16-14-10-24-15-7-6-12(19)9-13(15)17(14)21(2)20-16/h6-7,9,11H,3-5,8,10H2,1-2H3/t11-/m0/s1. The van der Waals surface area contributed by atoms with Crippen molar-refractivity contribution in [3.05, 3.63) is 35.3 Å². The number of fused-ring (bicyclic) bond motifs is 3. The number of thioether (sulfide) groups is 1. The topological polar surface area (TPSA) is 38.1 Å². The molecule has 0 N–H and O–H groups in total. The molecule has 126 valence electrons. The fourth-order valence-electron chi connectivity index (χ4n) is 3.71. The van der Waals surface area contributed by atoms with Crippen LogP contribution in [0.5, 0.6) is 0 Å². The number of nitrogens with zero attached hydrogens (tertiary/aromatic N) is 3. The summed E-state index contributed by atoms with van der Waals surface area (Å²) < 4.78 is 15.4. The minimum absolute atomic E-state index is 0.0134. The number of carbonyl (C=O) groups excluding carboxylic acids is 1. The summed E-state index contributed by atoms with van der Waals surface area (Å²) in [5.41, 5.74) is 3.17. The van der Waals surface area contributed by atoms with Crippen molar-refractivity contribution in [3.8, 4) is 11.3 Å². The summed E-state index contributed by atoms with van der Waals surface area (Å²) in [5.74, 6) is 0.450. The third kappa shape index (κ3) is 2.44. The van der Waals surface area contributed by atoms with Gasteiger partial charge >= 0.3 is 0 Å². The molecule has 0 radical (unpaired) electrons. The van der Waals surface area contributed by atoms with Crippen LogP contribution in [-0.4, -0.2) is 33.2 Å². The lowest BCUT2D eigenvalue weighted by molar-refractivity contribution is 0.0628. The highest BCUT2D eigenvalue weighted by atomic mass is 32.2. The lowest BCUT2D eigenvalue weighted by Gasteiger charge is -2.33. The molecular formula is C18H20FN3OS. The smallest absolute Gasteiger partial charge is 0.274 e. The maximum atomic E-state index is 13.7. The Morgan fingerprint density at radius 3 is 3.00 bits per heavy atom. The van der Waals surface area contributed by atoms with E-state index in [0.717, 1.165) is 41.1 Å². The van der Waals surface area contributed by atoms with Crippen molar-refractivity contribution in [1.82, 2.24) is 14.7 Å². The first-order valence-corrected chi connectivity index (χ1v) is 9.34. The number of hydrogen-bond donors (Lipinski definition) is 0. The highest BCUT2D eigenvalue weighted by Crippen LogP contribution is 2.43. The Labute approximate surface area is 145 Å². The van der Waals surface area contributed by atoms with Gasteiger partial charge in [0, 0.05) is 41.4 Å². The highest BCUT2D eigenvalue weighted by molar-refractivity contribution is 7.98. The molecule has 0 saturated carbocycles. The molecule has 0 unspecified atom stereocenters. The summed E-state index contributed by atoms with van der Waals surface area (Å²) in [4.78, 5) is 16.0. The van der Waals surface area contributed by atoms with Crippen LogP contribution in [0.1, 0.15) is 42.2 Å². The van der Waals surface area contributed by atoms with Crippen LogP contribution in [0.4, 0.5) is 4.39 Å². The fourth-order valence-corrected chi connectivity index (χ4v) is 4.76. The van der Waals surface area contributed by atoms with E-state index in [0.29, 0.717) is 11.4 Å². The van der Waals surface area contributed by atoms with Crippen LogP contribution in [0.3, 0.4) is 0 Å². The van der Waals surface area contributed by atoms with E-state index in [9.17, 15) is 9.18 Å². The molecule has 1 atom stereocenters. The Morgan fingerprint density at radius 2 is 2.21 bits per heavy atom. The molecule has 2 aliphatic heterocycles. The minimum Gasteiger partial charge on any atom is -0.335 e. The Morgan fingerprint density at radius 1 is 1.38 bits per heavy atom. The van der Waals surface area contributed by atoms with Gasteiger partial charge in [0.1, 0.15) is 5.82 Å². The van der Waals surface area contributed by atoms with Gasteiger partial charge in [-0.15, -0.1) is 11.8 Å². The highest BCUT2D eigenvalue weighted by Gasteiger charge is 2.32. The van der Waals surface area contributed by atoms with E-state index < -0.39 is 0 Å². The molecule has 1 fully saturated rings. The minimum atomic E-state index is -0.263. The van der Waals surface area contributed by atoms with Crippen LogP contribution < -0.4 is 0 Å². The molecule has 1 aromatic carbocycles. The van der Waals surface area contributed by atoms with Crippen molar-refractivity contribution in [2.75, 3.05) is 6.54 Å². The molecule has 2 aliphatic rings. The van der Waals surface area contributed by atoms with Crippen LogP contribution in [0.2, 0.25) is 0 Å². The van der Waals surface area contributed by atoms with Crippen molar-refractivity contribution < 1.29 is 9.18 Å². The largest absolute Gasteiger partial charge is 0.335 e. The van der Waals surface area contributed by atoms with Gasteiger partial charge < -0.3 is 4.90 Å². The zero-order valence-corrected chi connectivity index (χ0v) is 14.7. The van der Waals surface area contributed by atoms with E-state index in [1.165, 1.54) is 12.5 Å². The molecule has 0 spiro atoms. The Bertz CT molecular complexity index is 817. The SMILES string of the molecule is C[C@H]1CCCCN1C(=O)c1nn(C)c2c1CSc1ccc(F)cc1-2. The van der Waals surface area contributed by atoms with Crippen molar-refractivity contribution in [2.45, 2.75) is 42.9 Å². The number of hydrogen-bond acceptors (Lipinski definition) is 3. The first-order chi connectivity index (χ1) is 11.6. The van der Waals surface area contributed by atoms with Crippen LogP contribution in [0.25, 0.3) is 11.3 Å². The lowest BCUT2D eigenvalue weighted by Crippen LogP contribution is -2.42. The number of benzene rings is 1. The van der Waals surface area contributed by atoms with Crippen LogP contribution in [0.15, 0.2) is 23.1 Å². The summed E-state index contributed by atoms with van der Waals surface area (Å²) in [7, 11) is 1.83. The first kappa shape index (κ1) is 15.7. The number of likely N-dealkylation sites (tertiary alicyclic amines) is 1. The average molecular weight is 345 g/mol. The molecular weight excluding hydrogens is 325 g/mol. The quantitative estimate of drug-likeness (QED) is 0.788. The molecule has 4 rings (SSSR count). The second kappa shape index (κ2) is 5.92. The number of aryl methyl sites for hydroxylation is 1. The maximum Gasteiger partial charge on any atom is 0.274 e. The predicted molar refractivity (Wildman–Crippen MR) is 92.5 cm³/mol. The third-order valence-corrected chi connectivity index (χ3v) is 6.08. The van der Waals surface area contributed by atoms with Gasteiger partial charge in [-0.2, -0.15) is 5.10 Å². The molecule has 24 heavy (non-hydrogen) atoms. The van der Waals surface area contributed by atoms with Crippen LogP contribution in [0, 0.1) is 5.82 Å². The molecule has 2 aromatic rings. The van der Waals surface area contributed by atoms with E-state index in [1.54, 1.807) is 28.6 Å². The average Bonchev–Trinajstić information content (AvgIpc) is 2.92. The summed E-state index contributed by atoms with van der Waals surface area (Å²) >= 11 is 1.64. The molecule has 1 aromatic heterocycles. The van der Waals surface area contributed by atoms with Gasteiger partial charge in [-0.3, -0.25) is 9.48 Å². The zero-order chi connectivity index (χ0) is 16.8. The summed E-state index contributed by atoms with van der Waals surface area (Å²) in [5, 5.41) is 4.52. The van der Waals surface area contributed by atoms with Crippen molar-refractivity contribution in [3.63, 3.8) is 0 Å². The van der Waals surface area contributed by atoms with E-state index >= 15 is 0 Å². The van der Waals surface area contributed by atoms with Crippen molar-refractivity contribution >= 4 is 17.7 Å². The van der Waals surface area contributed by atoms with Crippen molar-refractivity contribution in [1.29, 1.82) is 0 Å². The normalized spacial score (nSPS) is 19.8. The number of amides is 1. The van der Waals surface area contributed by atoms with E-state index in [1.807, 2.05) is 11.9 Å². The fraction of sp³-hybridized carbons (Fsp3) is 0.444. The first-order valence-electron chi connectivity index (χ1n) is 8.36. The van der Waals surface area contributed by atoms with Gasteiger partial charge in [-0.05, 0) is 44.4 Å². The second-order valence-corrected chi connectivity index (χ2v) is 7.59. The molecule has 0 bridgehead atoms. The van der Waals surface area contributed by atoms with E-state index in [-0.39, 0.29) is 17.8 Å². The van der Waals surface area contributed by atoms with Crippen LogP contribution >= 0.6 is 11.8 Å². The van der Waals surface area contributed by atoms with E-state index in [4.69, 9.17) is 0 Å². The lowest BCUT2D eigenvalue weighted by atomic mass is 10.0. The number of halogens is 1. The van der Waals surface area contributed by atoms with Gasteiger partial charge in [-0.25, -0.2) is 4.39 Å². The van der Waals surface area contributed by atoms with Gasteiger partial charge in [0.05, 0.1) is 5.69 Å². The number of rotatable bonds is 1. The molecule has 0 aliphatic carbocycles. The van der Waals surface area contributed by atoms with Gasteiger partial charge in [-0.1, -0.05) is 0 Å². The maximum absolute atomic E-state index is 13.7. The molecule has 1 saturated heterocycles. The van der Waals surface area contributed by atoms with Crippen molar-refractivity contribution in [2.24, 2.45) is 7.05 Å². The summed E-state index contributed by atoms with van der Waals surface area (Å²) in [6.07, 6.45) is 3.27. The second-order valence-electron chi connectivity index (χ2n) is 6.57. The van der Waals surface area contributed by atoms with Gasteiger partial charge in [0.25, 0.3) is 5.91 Å². The zero-order valence-electron chi connectivity index (χ0n) is 13.9. The molecule has 6 heteroatoms. The summed E-state index contributed by atoms with van der Waals surface area (Å²) in [6.45, 7) is 2.90.